The van der Waals surface area contributed by atoms with Crippen molar-refractivity contribution in [2.24, 2.45) is 16.7 Å². The maximum atomic E-state index is 13.1. The van der Waals surface area contributed by atoms with Gasteiger partial charge in [0, 0.05) is 17.1 Å². The summed E-state index contributed by atoms with van der Waals surface area (Å²) in [7, 11) is 0. The molecule has 3 aromatic rings. The second-order valence-electron chi connectivity index (χ2n) is 12.8. The topological polar surface area (TPSA) is 29.5 Å². The van der Waals surface area contributed by atoms with Gasteiger partial charge in [-0.1, -0.05) is 65.8 Å². The van der Waals surface area contributed by atoms with Crippen molar-refractivity contribution >= 4 is 23.0 Å². The van der Waals surface area contributed by atoms with E-state index in [1.807, 2.05) is 0 Å². The second-order valence-corrected chi connectivity index (χ2v) is 12.8. The number of carbonyl (C=O) groups is 1. The van der Waals surface area contributed by atoms with E-state index in [1.165, 1.54) is 22.3 Å². The normalized spacial score (nSPS) is 12.8. The van der Waals surface area contributed by atoms with Gasteiger partial charge in [-0.2, -0.15) is 0 Å². The summed E-state index contributed by atoms with van der Waals surface area (Å²) >= 11 is 0. The lowest BCUT2D eigenvalue weighted by molar-refractivity contribution is -0.155. The number of hydrogen-bond acceptors (Lipinski definition) is 3. The molecule has 0 spiro atoms. The van der Waals surface area contributed by atoms with Crippen LogP contribution in [0.25, 0.3) is 0 Å². The fourth-order valence-electron chi connectivity index (χ4n) is 4.53. The van der Waals surface area contributed by atoms with Gasteiger partial charge >= 0.3 is 5.97 Å². The first-order valence-corrected chi connectivity index (χ1v) is 13.4. The minimum absolute atomic E-state index is 0.0603. The van der Waals surface area contributed by atoms with Crippen LogP contribution in [0, 0.1) is 44.4 Å². The molecule has 0 aliphatic carbocycles. The van der Waals surface area contributed by atoms with E-state index in [1.54, 1.807) is 0 Å². The molecule has 3 nitrogen and oxygen atoms in total. The Labute approximate surface area is 224 Å². The highest BCUT2D eigenvalue weighted by molar-refractivity contribution is 5.77. The molecule has 3 heteroatoms. The number of esters is 1. The highest BCUT2D eigenvalue weighted by Crippen LogP contribution is 2.38. The lowest BCUT2D eigenvalue weighted by atomic mass is 9.72. The van der Waals surface area contributed by atoms with Crippen molar-refractivity contribution in [3.05, 3.63) is 88.5 Å². The summed E-state index contributed by atoms with van der Waals surface area (Å²) in [6, 6.07) is 21.5. The van der Waals surface area contributed by atoms with Gasteiger partial charge in [-0.15, -0.1) is 0 Å². The molecule has 3 rings (SSSR count). The summed E-state index contributed by atoms with van der Waals surface area (Å²) < 4.78 is 5.84. The van der Waals surface area contributed by atoms with E-state index in [-0.39, 0.29) is 29.3 Å². The first-order valence-electron chi connectivity index (χ1n) is 13.4. The number of hydrogen-bond donors (Lipinski definition) is 0. The van der Waals surface area contributed by atoms with E-state index in [2.05, 4.69) is 135 Å². The number of rotatable bonds is 7. The maximum absolute atomic E-state index is 13.1. The van der Waals surface area contributed by atoms with E-state index >= 15 is 0 Å². The van der Waals surface area contributed by atoms with E-state index < -0.39 is 0 Å². The van der Waals surface area contributed by atoms with E-state index in [0.717, 1.165) is 29.0 Å². The third kappa shape index (κ3) is 7.47. The van der Waals surface area contributed by atoms with Crippen molar-refractivity contribution in [2.75, 3.05) is 4.90 Å². The van der Waals surface area contributed by atoms with Crippen LogP contribution < -0.4 is 4.90 Å². The zero-order valence-electron chi connectivity index (χ0n) is 24.5. The van der Waals surface area contributed by atoms with Gasteiger partial charge in [-0.25, -0.2) is 0 Å². The van der Waals surface area contributed by atoms with Crippen molar-refractivity contribution in [1.82, 2.24) is 0 Å². The highest BCUT2D eigenvalue weighted by Gasteiger charge is 2.35. The van der Waals surface area contributed by atoms with Crippen LogP contribution in [0.4, 0.5) is 17.1 Å². The van der Waals surface area contributed by atoms with Gasteiger partial charge in [-0.3, -0.25) is 4.79 Å². The van der Waals surface area contributed by atoms with Gasteiger partial charge in [0.15, 0.2) is 0 Å². The fraction of sp³-hybridized carbons (Fsp3) is 0.441. The van der Waals surface area contributed by atoms with Crippen LogP contribution in [0.5, 0.6) is 0 Å². The van der Waals surface area contributed by atoms with Gasteiger partial charge in [0.05, 0.1) is 5.92 Å². The zero-order valence-corrected chi connectivity index (χ0v) is 24.5. The van der Waals surface area contributed by atoms with E-state index in [4.69, 9.17) is 4.74 Å². The molecule has 0 aliphatic heterocycles. The van der Waals surface area contributed by atoms with Crippen LogP contribution in [0.2, 0.25) is 0 Å². The first kappa shape index (κ1) is 28.5. The fourth-order valence-corrected chi connectivity index (χ4v) is 4.53. The molecule has 3 aromatic carbocycles. The predicted molar refractivity (Wildman–Crippen MR) is 157 cm³/mol. The molecule has 0 saturated carbocycles. The summed E-state index contributed by atoms with van der Waals surface area (Å²) in [4.78, 5) is 15.4. The lowest BCUT2D eigenvalue weighted by Crippen LogP contribution is -2.33. The zero-order chi connectivity index (χ0) is 27.5. The molecule has 0 amide bonds. The third-order valence-corrected chi connectivity index (χ3v) is 7.22. The Bertz CT molecular complexity index is 1170. The van der Waals surface area contributed by atoms with E-state index in [0.29, 0.717) is 0 Å². The SMILES string of the molecule is Cc1ccc(N(c2ccc(COC(=O)C(CC(C)(C)C)C(C)(C)C)cc2)c2ccc(C)c(C)c2)cc1C. The number of ether oxygens (including phenoxy) is 1. The smallest absolute Gasteiger partial charge is 0.309 e. The Kier molecular flexibility index (Phi) is 8.57. The minimum Gasteiger partial charge on any atom is -0.461 e. The van der Waals surface area contributed by atoms with Gasteiger partial charge in [0.1, 0.15) is 6.61 Å². The maximum Gasteiger partial charge on any atom is 0.309 e. The van der Waals surface area contributed by atoms with Crippen LogP contribution in [-0.2, 0) is 16.1 Å². The van der Waals surface area contributed by atoms with Crippen LogP contribution in [0.3, 0.4) is 0 Å². The molecule has 1 atom stereocenters. The molecule has 37 heavy (non-hydrogen) atoms. The molecule has 0 N–H and O–H groups in total. The molecule has 1 unspecified atom stereocenters. The Morgan fingerprint density at radius 3 is 1.57 bits per heavy atom. The Morgan fingerprint density at radius 2 is 1.16 bits per heavy atom. The number of carbonyl (C=O) groups excluding carboxylic acids is 1. The molecular weight excluding hydrogens is 454 g/mol. The number of nitrogens with zero attached hydrogens (tertiary/aromatic N) is 1. The Morgan fingerprint density at radius 1 is 0.703 bits per heavy atom. The first-order chi connectivity index (χ1) is 17.2. The highest BCUT2D eigenvalue weighted by atomic mass is 16.5. The Hall–Kier alpha value is -3.07. The number of benzene rings is 3. The van der Waals surface area contributed by atoms with Crippen molar-refractivity contribution in [3.8, 4) is 0 Å². The van der Waals surface area contributed by atoms with Crippen molar-refractivity contribution in [1.29, 1.82) is 0 Å². The van der Waals surface area contributed by atoms with Gasteiger partial charge < -0.3 is 9.64 Å². The quantitative estimate of drug-likeness (QED) is 0.303. The second kappa shape index (κ2) is 11.1. The minimum atomic E-state index is -0.146. The lowest BCUT2D eigenvalue weighted by Gasteiger charge is -2.33. The van der Waals surface area contributed by atoms with Gasteiger partial charge in [-0.05, 0) is 109 Å². The van der Waals surface area contributed by atoms with Crippen LogP contribution >= 0.6 is 0 Å². The standard InChI is InChI=1S/C34H45NO2/c1-23-11-15-29(19-25(23)3)35(30-16-12-24(2)26(4)20-30)28-17-13-27(14-18-28)22-37-32(36)31(34(8,9)10)21-33(5,6)7/h11-20,31H,21-22H2,1-10H3. The number of anilines is 3. The van der Waals surface area contributed by atoms with Gasteiger partial charge in [0.25, 0.3) is 0 Å². The van der Waals surface area contributed by atoms with Crippen LogP contribution in [0.1, 0.15) is 75.8 Å². The number of aryl methyl sites for hydroxylation is 4. The predicted octanol–water partition coefficient (Wildman–Crippen LogP) is 9.53. The summed E-state index contributed by atoms with van der Waals surface area (Å²) in [5.41, 5.74) is 9.31. The molecule has 0 bridgehead atoms. The largest absolute Gasteiger partial charge is 0.461 e. The molecule has 0 fully saturated rings. The average molecular weight is 500 g/mol. The van der Waals surface area contributed by atoms with Crippen molar-refractivity contribution in [3.63, 3.8) is 0 Å². The molecular formula is C34H45NO2. The molecule has 0 aliphatic rings. The monoisotopic (exact) mass is 499 g/mol. The average Bonchev–Trinajstić information content (AvgIpc) is 2.80. The van der Waals surface area contributed by atoms with Gasteiger partial charge in [0.2, 0.25) is 0 Å². The molecule has 0 heterocycles. The molecule has 198 valence electrons. The summed E-state index contributed by atoms with van der Waals surface area (Å²) in [6.07, 6.45) is 0.801. The Balaban J connectivity index is 1.86. The molecule has 0 saturated heterocycles. The summed E-state index contributed by atoms with van der Waals surface area (Å²) in [6.45, 7) is 21.7. The molecule has 0 aromatic heterocycles. The van der Waals surface area contributed by atoms with Crippen LogP contribution in [0.15, 0.2) is 60.7 Å². The third-order valence-electron chi connectivity index (χ3n) is 7.22. The molecule has 0 radical (unpaired) electrons. The summed E-state index contributed by atoms with van der Waals surface area (Å²) in [5.74, 6) is -0.254. The summed E-state index contributed by atoms with van der Waals surface area (Å²) in [5, 5.41) is 0. The van der Waals surface area contributed by atoms with Crippen molar-refractivity contribution in [2.45, 2.75) is 82.3 Å². The van der Waals surface area contributed by atoms with E-state index in [9.17, 15) is 4.79 Å². The van der Waals surface area contributed by atoms with Crippen molar-refractivity contribution < 1.29 is 9.53 Å². The van der Waals surface area contributed by atoms with Crippen LogP contribution in [-0.4, -0.2) is 5.97 Å².